The average molecular weight is 380 g/mol. The monoisotopic (exact) mass is 380 g/mol. The Bertz CT molecular complexity index is 963. The van der Waals surface area contributed by atoms with Gasteiger partial charge in [-0.05, 0) is 35.1 Å². The molecule has 3 rings (SSSR count). The number of carbonyl (C=O) groups excluding carboxylic acids is 1. The molecule has 1 amide bonds. The van der Waals surface area contributed by atoms with Gasteiger partial charge >= 0.3 is 5.97 Å². The number of fused-ring (bicyclic) bond motifs is 1. The van der Waals surface area contributed by atoms with Crippen LogP contribution < -0.4 is 10.1 Å². The van der Waals surface area contributed by atoms with Gasteiger partial charge in [0.15, 0.2) is 0 Å². The first-order chi connectivity index (χ1) is 13.4. The second-order valence-corrected chi connectivity index (χ2v) is 7.07. The number of carboxylic acids is 1. The fourth-order valence-corrected chi connectivity index (χ4v) is 3.02. The zero-order valence-electron chi connectivity index (χ0n) is 16.0. The fraction of sp³-hybridized carbons (Fsp3) is 0.273. The lowest BCUT2D eigenvalue weighted by atomic mass is 10.1. The number of hydrogen-bond acceptors (Lipinski definition) is 3. The van der Waals surface area contributed by atoms with Gasteiger partial charge in [0.25, 0.3) is 0 Å². The van der Waals surface area contributed by atoms with Crippen molar-refractivity contribution in [3.8, 4) is 5.75 Å². The van der Waals surface area contributed by atoms with Crippen molar-refractivity contribution in [3.63, 3.8) is 0 Å². The van der Waals surface area contributed by atoms with Crippen LogP contribution in [-0.2, 0) is 22.7 Å². The highest BCUT2D eigenvalue weighted by molar-refractivity contribution is 5.86. The molecule has 0 radical (unpaired) electrons. The van der Waals surface area contributed by atoms with Crippen LogP contribution in [0.1, 0.15) is 19.4 Å². The Balaban J connectivity index is 1.71. The first kappa shape index (κ1) is 19.5. The maximum Gasteiger partial charge on any atom is 0.326 e. The molecular weight excluding hydrogens is 356 g/mol. The van der Waals surface area contributed by atoms with Gasteiger partial charge in [-0.15, -0.1) is 0 Å². The average Bonchev–Trinajstić information content (AvgIpc) is 3.07. The van der Waals surface area contributed by atoms with E-state index in [1.165, 1.54) is 0 Å². The molecule has 0 spiro atoms. The number of carboxylic acid groups (broad SMARTS) is 1. The highest BCUT2D eigenvalue weighted by atomic mass is 16.5. The van der Waals surface area contributed by atoms with Crippen LogP contribution in [0.2, 0.25) is 0 Å². The zero-order chi connectivity index (χ0) is 20.1. The number of carbonyl (C=O) groups is 2. The van der Waals surface area contributed by atoms with Crippen molar-refractivity contribution in [2.75, 3.05) is 0 Å². The van der Waals surface area contributed by atoms with E-state index in [1.54, 1.807) is 18.4 Å². The summed E-state index contributed by atoms with van der Waals surface area (Å²) in [7, 11) is 0. The Labute approximate surface area is 163 Å². The summed E-state index contributed by atoms with van der Waals surface area (Å²) in [6, 6.07) is 16.6. The van der Waals surface area contributed by atoms with Crippen molar-refractivity contribution in [2.24, 2.45) is 5.92 Å². The molecule has 0 aliphatic carbocycles. The van der Waals surface area contributed by atoms with Crippen molar-refractivity contribution in [2.45, 2.75) is 33.0 Å². The number of amides is 1. The molecule has 0 fully saturated rings. The number of rotatable bonds is 8. The highest BCUT2D eigenvalue weighted by Gasteiger charge is 2.23. The van der Waals surface area contributed by atoms with Crippen molar-refractivity contribution >= 4 is 22.8 Å². The molecule has 2 N–H and O–H groups in total. The van der Waals surface area contributed by atoms with E-state index in [1.807, 2.05) is 60.8 Å². The van der Waals surface area contributed by atoms with Crippen LogP contribution in [0.5, 0.6) is 5.75 Å². The third-order valence-corrected chi connectivity index (χ3v) is 4.56. The summed E-state index contributed by atoms with van der Waals surface area (Å²) in [4.78, 5) is 23.6. The second-order valence-electron chi connectivity index (χ2n) is 7.07. The first-order valence-electron chi connectivity index (χ1n) is 9.22. The van der Waals surface area contributed by atoms with Crippen LogP contribution in [0.15, 0.2) is 60.8 Å². The van der Waals surface area contributed by atoms with Gasteiger partial charge in [-0.1, -0.05) is 44.2 Å². The predicted octanol–water partition coefficient (Wildman–Crippen LogP) is 3.45. The van der Waals surface area contributed by atoms with Crippen molar-refractivity contribution in [3.05, 3.63) is 66.4 Å². The second kappa shape index (κ2) is 8.61. The summed E-state index contributed by atoms with van der Waals surface area (Å²) in [6.07, 6.45) is 1.82. The van der Waals surface area contributed by atoms with Crippen LogP contribution in [0.25, 0.3) is 10.9 Å². The van der Waals surface area contributed by atoms with Crippen LogP contribution in [0.3, 0.4) is 0 Å². The molecule has 0 bridgehead atoms. The quantitative estimate of drug-likeness (QED) is 0.627. The number of ether oxygens (including phenoxy) is 1. The number of hydrogen-bond donors (Lipinski definition) is 2. The van der Waals surface area contributed by atoms with Crippen molar-refractivity contribution < 1.29 is 19.4 Å². The van der Waals surface area contributed by atoms with Crippen LogP contribution in [-0.4, -0.2) is 27.6 Å². The summed E-state index contributed by atoms with van der Waals surface area (Å²) in [5, 5.41) is 12.8. The van der Waals surface area contributed by atoms with E-state index in [9.17, 15) is 14.7 Å². The Morgan fingerprint density at radius 1 is 1.11 bits per heavy atom. The molecule has 0 saturated carbocycles. The third kappa shape index (κ3) is 4.71. The van der Waals surface area contributed by atoms with E-state index >= 15 is 0 Å². The molecule has 1 heterocycles. The maximum absolute atomic E-state index is 12.3. The van der Waals surface area contributed by atoms with Gasteiger partial charge in [-0.25, -0.2) is 4.79 Å². The summed E-state index contributed by atoms with van der Waals surface area (Å²) in [5.41, 5.74) is 1.93. The minimum Gasteiger partial charge on any atom is -0.489 e. The minimum atomic E-state index is -1.03. The molecule has 1 atom stereocenters. The Hall–Kier alpha value is -3.28. The number of aliphatic carboxylic acids is 1. The maximum atomic E-state index is 12.3. The smallest absolute Gasteiger partial charge is 0.326 e. The van der Waals surface area contributed by atoms with E-state index in [2.05, 4.69) is 5.32 Å². The zero-order valence-corrected chi connectivity index (χ0v) is 16.0. The molecule has 3 aromatic rings. The molecule has 6 nitrogen and oxygen atoms in total. The molecule has 2 aromatic carbocycles. The molecule has 146 valence electrons. The molecule has 0 saturated heterocycles. The number of aromatic nitrogens is 1. The predicted molar refractivity (Wildman–Crippen MR) is 107 cm³/mol. The molecule has 1 aromatic heterocycles. The Morgan fingerprint density at radius 3 is 2.54 bits per heavy atom. The van der Waals surface area contributed by atoms with Gasteiger partial charge in [-0.2, -0.15) is 0 Å². The van der Waals surface area contributed by atoms with Crippen LogP contribution >= 0.6 is 0 Å². The number of nitrogens with one attached hydrogen (secondary N) is 1. The van der Waals surface area contributed by atoms with E-state index < -0.39 is 12.0 Å². The van der Waals surface area contributed by atoms with Crippen molar-refractivity contribution in [1.29, 1.82) is 0 Å². The lowest BCUT2D eigenvalue weighted by Crippen LogP contribution is -2.45. The number of benzene rings is 2. The Kier molecular flexibility index (Phi) is 5.99. The minimum absolute atomic E-state index is 0.0438. The molecule has 0 aliphatic heterocycles. The van der Waals surface area contributed by atoms with E-state index in [0.29, 0.717) is 12.4 Å². The third-order valence-electron chi connectivity index (χ3n) is 4.56. The van der Waals surface area contributed by atoms with E-state index in [0.717, 1.165) is 16.5 Å². The summed E-state index contributed by atoms with van der Waals surface area (Å²) in [6.45, 7) is 4.03. The molecule has 0 unspecified atom stereocenters. The SMILES string of the molecule is CC(C)[C@@H](NC(=O)Cn1ccc2ccc(OCc3ccccc3)cc21)C(=O)O. The Morgan fingerprint density at radius 2 is 1.86 bits per heavy atom. The van der Waals surface area contributed by atoms with Crippen LogP contribution in [0, 0.1) is 5.92 Å². The van der Waals surface area contributed by atoms with Gasteiger partial charge < -0.3 is 19.7 Å². The summed E-state index contributed by atoms with van der Waals surface area (Å²) < 4.78 is 7.66. The molecule has 28 heavy (non-hydrogen) atoms. The van der Waals surface area contributed by atoms with Gasteiger partial charge in [0.1, 0.15) is 24.9 Å². The fourth-order valence-electron chi connectivity index (χ4n) is 3.02. The van der Waals surface area contributed by atoms with Gasteiger partial charge in [-0.3, -0.25) is 4.79 Å². The molecule has 6 heteroatoms. The lowest BCUT2D eigenvalue weighted by molar-refractivity contribution is -0.143. The van der Waals surface area contributed by atoms with Crippen molar-refractivity contribution in [1.82, 2.24) is 9.88 Å². The molecule has 0 aliphatic rings. The normalized spacial score (nSPS) is 12.1. The topological polar surface area (TPSA) is 80.6 Å². The summed E-state index contributed by atoms with van der Waals surface area (Å²) in [5.74, 6) is -0.852. The first-order valence-corrected chi connectivity index (χ1v) is 9.22. The number of nitrogens with zero attached hydrogens (tertiary/aromatic N) is 1. The van der Waals surface area contributed by atoms with Gasteiger partial charge in [0.2, 0.25) is 5.91 Å². The molecular formula is C22H24N2O4. The van der Waals surface area contributed by atoms with Gasteiger partial charge in [0, 0.05) is 12.3 Å². The van der Waals surface area contributed by atoms with E-state index in [-0.39, 0.29) is 18.4 Å². The standard InChI is InChI=1S/C22H24N2O4/c1-15(2)21(22(26)27)23-20(25)13-24-11-10-17-8-9-18(12-19(17)24)28-14-16-6-4-3-5-7-16/h3-12,15,21H,13-14H2,1-2H3,(H,23,25)(H,26,27)/t21-/m1/s1. The van der Waals surface area contributed by atoms with Gasteiger partial charge in [0.05, 0.1) is 5.52 Å². The summed E-state index contributed by atoms with van der Waals surface area (Å²) >= 11 is 0. The van der Waals surface area contributed by atoms with E-state index in [4.69, 9.17) is 4.74 Å². The highest BCUT2D eigenvalue weighted by Crippen LogP contribution is 2.23. The largest absolute Gasteiger partial charge is 0.489 e. The lowest BCUT2D eigenvalue weighted by Gasteiger charge is -2.18. The van der Waals surface area contributed by atoms with Crippen LogP contribution in [0.4, 0.5) is 0 Å².